The number of nitrogens with zero attached hydrogens (tertiary/aromatic N) is 1. The highest BCUT2D eigenvalue weighted by Gasteiger charge is 2.22. The van der Waals surface area contributed by atoms with Gasteiger partial charge in [0, 0.05) is 12.8 Å². The molecular weight excluding hydrogens is 462 g/mol. The standard InChI is InChI=1S/C28H43NO7/c29-15-11-7-5-3-1-2-4-6-8-12-25(30)28-24-34-21-20-32-17-16-31-18-19-33-22-23-35-26-13-9-10-14-27(26)36-28/h9-10,13-14,28H,1-8,11-12,16-24H2. The Morgan fingerprint density at radius 2 is 1.25 bits per heavy atom. The quantitative estimate of drug-likeness (QED) is 0.392. The average Bonchev–Trinajstić information content (AvgIpc) is 2.89. The summed E-state index contributed by atoms with van der Waals surface area (Å²) in [7, 11) is 0. The van der Waals surface area contributed by atoms with Gasteiger partial charge in [0.15, 0.2) is 23.4 Å². The van der Waals surface area contributed by atoms with Crippen LogP contribution in [0.1, 0.15) is 64.2 Å². The number of carbonyl (C=O) groups is 1. The monoisotopic (exact) mass is 505 g/mol. The Morgan fingerprint density at radius 1 is 0.722 bits per heavy atom. The first-order chi connectivity index (χ1) is 17.8. The zero-order valence-corrected chi connectivity index (χ0v) is 21.6. The van der Waals surface area contributed by atoms with Crippen LogP contribution >= 0.6 is 0 Å². The lowest BCUT2D eigenvalue weighted by molar-refractivity contribution is -0.129. The molecule has 0 saturated carbocycles. The molecule has 1 heterocycles. The summed E-state index contributed by atoms with van der Waals surface area (Å²) in [6.07, 6.45) is 9.05. The van der Waals surface area contributed by atoms with Gasteiger partial charge in [0.1, 0.15) is 6.61 Å². The second kappa shape index (κ2) is 21.0. The first-order valence-corrected chi connectivity index (χ1v) is 13.4. The molecule has 8 heteroatoms. The Kier molecular flexibility index (Phi) is 17.5. The number of carbonyl (C=O) groups excluding carboxylic acids is 1. The number of ether oxygens (including phenoxy) is 6. The summed E-state index contributed by atoms with van der Waals surface area (Å²) in [4.78, 5) is 13.0. The molecule has 1 unspecified atom stereocenters. The SMILES string of the molecule is N#CCCCCCCCCCCC(=O)C1COCCOCCOCCOCCOc2ccccc2O1. The number of benzene rings is 1. The third-order valence-corrected chi connectivity index (χ3v) is 5.81. The number of nitriles is 1. The maximum Gasteiger partial charge on any atom is 0.180 e. The van der Waals surface area contributed by atoms with E-state index in [-0.39, 0.29) is 12.4 Å². The Labute approximate surface area is 216 Å². The van der Waals surface area contributed by atoms with Crippen molar-refractivity contribution in [2.75, 3.05) is 59.5 Å². The predicted octanol–water partition coefficient (Wildman–Crippen LogP) is 4.89. The van der Waals surface area contributed by atoms with E-state index in [4.69, 9.17) is 33.7 Å². The van der Waals surface area contributed by atoms with E-state index in [0.29, 0.717) is 77.2 Å². The van der Waals surface area contributed by atoms with Crippen molar-refractivity contribution in [3.05, 3.63) is 24.3 Å². The second-order valence-corrected chi connectivity index (χ2v) is 8.77. The first kappa shape index (κ1) is 30.0. The normalized spacial score (nSPS) is 18.5. The fourth-order valence-corrected chi connectivity index (χ4v) is 3.80. The first-order valence-electron chi connectivity index (χ1n) is 13.4. The van der Waals surface area contributed by atoms with E-state index in [0.717, 1.165) is 32.1 Å². The van der Waals surface area contributed by atoms with Crippen molar-refractivity contribution in [3.8, 4) is 17.6 Å². The summed E-state index contributed by atoms with van der Waals surface area (Å²) in [5.41, 5.74) is 0. The highest BCUT2D eigenvalue weighted by atomic mass is 16.6. The summed E-state index contributed by atoms with van der Waals surface area (Å²) in [6.45, 7) is 3.75. The number of Topliss-reactive ketones (excluding diaryl/α,β-unsaturated/α-hetero) is 1. The van der Waals surface area contributed by atoms with E-state index < -0.39 is 6.10 Å². The zero-order valence-electron chi connectivity index (χ0n) is 21.6. The van der Waals surface area contributed by atoms with Gasteiger partial charge in [0.05, 0.1) is 58.9 Å². The molecule has 1 aliphatic heterocycles. The van der Waals surface area contributed by atoms with Crippen LogP contribution in [0.3, 0.4) is 0 Å². The topological polar surface area (TPSA) is 96.2 Å². The van der Waals surface area contributed by atoms with Crippen LogP contribution in [0.4, 0.5) is 0 Å². The van der Waals surface area contributed by atoms with E-state index in [9.17, 15) is 4.79 Å². The third kappa shape index (κ3) is 14.4. The molecule has 2 rings (SSSR count). The number of ketones is 1. The number of unbranched alkanes of at least 4 members (excludes halogenated alkanes) is 8. The molecule has 0 radical (unpaired) electrons. The van der Waals surface area contributed by atoms with E-state index in [1.807, 2.05) is 24.3 Å². The molecule has 36 heavy (non-hydrogen) atoms. The minimum Gasteiger partial charge on any atom is -0.487 e. The number of para-hydroxylation sites is 2. The van der Waals surface area contributed by atoms with Crippen LogP contribution in [0, 0.1) is 11.3 Å². The molecule has 0 N–H and O–H groups in total. The lowest BCUT2D eigenvalue weighted by atomic mass is 10.0. The molecular formula is C28H43NO7. The third-order valence-electron chi connectivity index (χ3n) is 5.81. The summed E-state index contributed by atoms with van der Waals surface area (Å²) >= 11 is 0. The van der Waals surface area contributed by atoms with E-state index >= 15 is 0 Å². The molecule has 8 nitrogen and oxygen atoms in total. The molecule has 1 aliphatic rings. The molecule has 1 aromatic rings. The molecule has 1 atom stereocenters. The van der Waals surface area contributed by atoms with Gasteiger partial charge in [0.25, 0.3) is 0 Å². The van der Waals surface area contributed by atoms with Gasteiger partial charge in [-0.1, -0.05) is 50.7 Å². The Bertz CT molecular complexity index is 737. The molecule has 0 aliphatic carbocycles. The Hall–Kier alpha value is -2.18. The minimum absolute atomic E-state index is 0.0355. The smallest absolute Gasteiger partial charge is 0.180 e. The van der Waals surface area contributed by atoms with Crippen molar-refractivity contribution in [1.82, 2.24) is 0 Å². The molecule has 0 bridgehead atoms. The number of hydrogen-bond acceptors (Lipinski definition) is 8. The van der Waals surface area contributed by atoms with Gasteiger partial charge in [-0.3, -0.25) is 4.79 Å². The summed E-state index contributed by atoms with van der Waals surface area (Å²) in [5, 5.41) is 8.58. The van der Waals surface area contributed by atoms with Crippen molar-refractivity contribution in [3.63, 3.8) is 0 Å². The zero-order chi connectivity index (χ0) is 25.5. The van der Waals surface area contributed by atoms with Gasteiger partial charge in [-0.25, -0.2) is 0 Å². The number of hydrogen-bond donors (Lipinski definition) is 0. The van der Waals surface area contributed by atoms with Crippen LogP contribution < -0.4 is 9.47 Å². The van der Waals surface area contributed by atoms with Gasteiger partial charge in [-0.2, -0.15) is 5.26 Å². The van der Waals surface area contributed by atoms with E-state index in [1.54, 1.807) is 0 Å². The van der Waals surface area contributed by atoms with Gasteiger partial charge >= 0.3 is 0 Å². The van der Waals surface area contributed by atoms with Gasteiger partial charge in [-0.15, -0.1) is 0 Å². The van der Waals surface area contributed by atoms with E-state index in [2.05, 4.69) is 6.07 Å². The van der Waals surface area contributed by atoms with Gasteiger partial charge in [0.2, 0.25) is 0 Å². The van der Waals surface area contributed by atoms with Gasteiger partial charge in [-0.05, 0) is 25.0 Å². The lowest BCUT2D eigenvalue weighted by Gasteiger charge is -2.20. The number of fused-ring (bicyclic) bond motifs is 1. The maximum absolute atomic E-state index is 13.0. The van der Waals surface area contributed by atoms with Crippen LogP contribution in [0.2, 0.25) is 0 Å². The van der Waals surface area contributed by atoms with Crippen molar-refractivity contribution >= 4 is 5.78 Å². The largest absolute Gasteiger partial charge is 0.487 e. The van der Waals surface area contributed by atoms with Crippen molar-refractivity contribution < 1.29 is 33.2 Å². The predicted molar refractivity (Wildman–Crippen MR) is 136 cm³/mol. The highest BCUT2D eigenvalue weighted by molar-refractivity contribution is 5.83. The number of rotatable bonds is 11. The van der Waals surface area contributed by atoms with Crippen LogP contribution in [-0.2, 0) is 23.7 Å². The summed E-state index contributed by atoms with van der Waals surface area (Å²) in [6, 6.07) is 9.56. The van der Waals surface area contributed by atoms with Gasteiger partial charge < -0.3 is 28.4 Å². The molecule has 0 amide bonds. The van der Waals surface area contributed by atoms with Crippen LogP contribution in [-0.4, -0.2) is 71.3 Å². The maximum atomic E-state index is 13.0. The summed E-state index contributed by atoms with van der Waals surface area (Å²) < 4.78 is 34.2. The van der Waals surface area contributed by atoms with Crippen LogP contribution in [0.25, 0.3) is 0 Å². The minimum atomic E-state index is -0.701. The highest BCUT2D eigenvalue weighted by Crippen LogP contribution is 2.28. The van der Waals surface area contributed by atoms with E-state index in [1.165, 1.54) is 19.3 Å². The molecule has 0 fully saturated rings. The summed E-state index contributed by atoms with van der Waals surface area (Å²) in [5.74, 6) is 1.14. The second-order valence-electron chi connectivity index (χ2n) is 8.77. The average molecular weight is 506 g/mol. The van der Waals surface area contributed by atoms with Crippen molar-refractivity contribution in [2.24, 2.45) is 0 Å². The Balaban J connectivity index is 1.82. The van der Waals surface area contributed by atoms with Crippen molar-refractivity contribution in [1.29, 1.82) is 5.26 Å². The molecule has 0 aromatic heterocycles. The Morgan fingerprint density at radius 3 is 1.89 bits per heavy atom. The van der Waals surface area contributed by atoms with Crippen molar-refractivity contribution in [2.45, 2.75) is 70.3 Å². The van der Waals surface area contributed by atoms with Crippen LogP contribution in [0.15, 0.2) is 24.3 Å². The fourth-order valence-electron chi connectivity index (χ4n) is 3.80. The molecule has 202 valence electrons. The fraction of sp³-hybridized carbons (Fsp3) is 0.714. The molecule has 0 spiro atoms. The van der Waals surface area contributed by atoms with Crippen LogP contribution in [0.5, 0.6) is 11.5 Å². The molecule has 0 saturated heterocycles. The lowest BCUT2D eigenvalue weighted by Crippen LogP contribution is -2.33. The molecule has 1 aromatic carbocycles.